The highest BCUT2D eigenvalue weighted by Crippen LogP contribution is 2.24. The zero-order chi connectivity index (χ0) is 12.5. The lowest BCUT2D eigenvalue weighted by Crippen LogP contribution is -2.20. The van der Waals surface area contributed by atoms with Gasteiger partial charge in [-0.3, -0.25) is 4.68 Å². The summed E-state index contributed by atoms with van der Waals surface area (Å²) in [4.78, 5) is 10.9. The highest BCUT2D eigenvalue weighted by Gasteiger charge is 2.16. The van der Waals surface area contributed by atoms with Crippen LogP contribution in [0.5, 0.6) is 0 Å². The monoisotopic (exact) mass is 244 g/mol. The number of rotatable bonds is 2. The van der Waals surface area contributed by atoms with Crippen molar-refractivity contribution in [3.8, 4) is 11.4 Å². The SMILES string of the molecule is Cn1nccc1-c1cc(N2CCCC2)nc(N)n1. The molecule has 0 bridgehead atoms. The van der Waals surface area contributed by atoms with Crippen LogP contribution in [0.4, 0.5) is 11.8 Å². The average Bonchev–Trinajstić information content (AvgIpc) is 2.98. The zero-order valence-corrected chi connectivity index (χ0v) is 10.4. The number of hydrogen-bond donors (Lipinski definition) is 1. The summed E-state index contributed by atoms with van der Waals surface area (Å²) >= 11 is 0. The van der Waals surface area contributed by atoms with Crippen LogP contribution in [-0.2, 0) is 7.05 Å². The number of aryl methyl sites for hydroxylation is 1. The van der Waals surface area contributed by atoms with Gasteiger partial charge in [0.1, 0.15) is 5.82 Å². The van der Waals surface area contributed by atoms with Crippen LogP contribution in [0, 0.1) is 0 Å². The van der Waals surface area contributed by atoms with Crippen molar-refractivity contribution in [2.24, 2.45) is 7.05 Å². The number of hydrogen-bond acceptors (Lipinski definition) is 5. The Labute approximate surface area is 105 Å². The standard InChI is InChI=1S/C12H16N6/c1-17-10(4-5-14-17)9-8-11(16-12(13)15-9)18-6-2-3-7-18/h4-5,8H,2-3,6-7H2,1H3,(H2,13,15,16). The minimum absolute atomic E-state index is 0.315. The van der Waals surface area contributed by atoms with Gasteiger partial charge in [0, 0.05) is 32.4 Å². The minimum atomic E-state index is 0.315. The molecule has 0 saturated carbocycles. The van der Waals surface area contributed by atoms with Gasteiger partial charge in [-0.15, -0.1) is 0 Å². The summed E-state index contributed by atoms with van der Waals surface area (Å²) in [5.41, 5.74) is 7.58. The van der Waals surface area contributed by atoms with Gasteiger partial charge < -0.3 is 10.6 Å². The van der Waals surface area contributed by atoms with Crippen molar-refractivity contribution in [3.05, 3.63) is 18.3 Å². The number of nitrogens with zero attached hydrogens (tertiary/aromatic N) is 5. The van der Waals surface area contributed by atoms with Crippen molar-refractivity contribution >= 4 is 11.8 Å². The summed E-state index contributed by atoms with van der Waals surface area (Å²) in [6.45, 7) is 2.09. The number of aromatic nitrogens is 4. The molecule has 1 saturated heterocycles. The Morgan fingerprint density at radius 3 is 2.67 bits per heavy atom. The van der Waals surface area contributed by atoms with E-state index in [1.165, 1.54) is 12.8 Å². The van der Waals surface area contributed by atoms with Crippen molar-refractivity contribution in [3.63, 3.8) is 0 Å². The predicted octanol–water partition coefficient (Wildman–Crippen LogP) is 1.06. The van der Waals surface area contributed by atoms with Gasteiger partial charge in [0.15, 0.2) is 0 Å². The van der Waals surface area contributed by atoms with E-state index in [0.717, 1.165) is 30.3 Å². The Hall–Kier alpha value is -2.11. The van der Waals surface area contributed by atoms with Gasteiger partial charge in [0.05, 0.1) is 11.4 Å². The van der Waals surface area contributed by atoms with Crippen molar-refractivity contribution in [1.82, 2.24) is 19.7 Å². The Balaban J connectivity index is 2.03. The van der Waals surface area contributed by atoms with Crippen LogP contribution in [0.3, 0.4) is 0 Å². The quantitative estimate of drug-likeness (QED) is 0.855. The van der Waals surface area contributed by atoms with Crippen LogP contribution in [0.1, 0.15) is 12.8 Å². The first kappa shape index (κ1) is 11.0. The molecule has 6 heteroatoms. The van der Waals surface area contributed by atoms with E-state index in [1.807, 2.05) is 19.2 Å². The van der Waals surface area contributed by atoms with Gasteiger partial charge in [-0.25, -0.2) is 4.98 Å². The van der Waals surface area contributed by atoms with Crippen molar-refractivity contribution in [2.45, 2.75) is 12.8 Å². The van der Waals surface area contributed by atoms with Gasteiger partial charge in [-0.1, -0.05) is 0 Å². The third-order valence-corrected chi connectivity index (χ3v) is 3.24. The van der Waals surface area contributed by atoms with Gasteiger partial charge in [-0.05, 0) is 18.9 Å². The second-order valence-corrected chi connectivity index (χ2v) is 4.50. The molecule has 0 radical (unpaired) electrons. The summed E-state index contributed by atoms with van der Waals surface area (Å²) in [7, 11) is 1.89. The maximum Gasteiger partial charge on any atom is 0.222 e. The van der Waals surface area contributed by atoms with Crippen LogP contribution in [0.25, 0.3) is 11.4 Å². The highest BCUT2D eigenvalue weighted by atomic mass is 15.3. The molecule has 0 atom stereocenters. The van der Waals surface area contributed by atoms with Gasteiger partial charge >= 0.3 is 0 Å². The van der Waals surface area contributed by atoms with Crippen LogP contribution in [0.15, 0.2) is 18.3 Å². The molecule has 18 heavy (non-hydrogen) atoms. The molecule has 1 aliphatic rings. The largest absolute Gasteiger partial charge is 0.368 e. The van der Waals surface area contributed by atoms with Crippen molar-refractivity contribution in [2.75, 3.05) is 23.7 Å². The Kier molecular flexibility index (Phi) is 2.62. The third-order valence-electron chi connectivity index (χ3n) is 3.24. The maximum absolute atomic E-state index is 5.80. The van der Waals surface area contributed by atoms with E-state index in [2.05, 4.69) is 20.0 Å². The first-order valence-electron chi connectivity index (χ1n) is 6.12. The lowest BCUT2D eigenvalue weighted by molar-refractivity contribution is 0.773. The van der Waals surface area contributed by atoms with Gasteiger partial charge in [-0.2, -0.15) is 10.1 Å². The average molecular weight is 244 g/mol. The van der Waals surface area contributed by atoms with E-state index in [4.69, 9.17) is 5.73 Å². The topological polar surface area (TPSA) is 72.9 Å². The van der Waals surface area contributed by atoms with E-state index in [9.17, 15) is 0 Å². The molecule has 1 fully saturated rings. The molecule has 2 aromatic rings. The fourth-order valence-electron chi connectivity index (χ4n) is 2.32. The first-order chi connectivity index (χ1) is 8.74. The number of anilines is 2. The lowest BCUT2D eigenvalue weighted by atomic mass is 10.3. The molecule has 0 aromatic carbocycles. The van der Waals surface area contributed by atoms with E-state index in [-0.39, 0.29) is 0 Å². The van der Waals surface area contributed by atoms with E-state index in [1.54, 1.807) is 10.9 Å². The van der Waals surface area contributed by atoms with E-state index >= 15 is 0 Å². The molecule has 3 rings (SSSR count). The normalized spacial score (nSPS) is 15.3. The molecule has 0 spiro atoms. The lowest BCUT2D eigenvalue weighted by Gasteiger charge is -2.17. The molecular formula is C12H16N6. The smallest absolute Gasteiger partial charge is 0.222 e. The predicted molar refractivity (Wildman–Crippen MR) is 70.1 cm³/mol. The molecule has 0 amide bonds. The minimum Gasteiger partial charge on any atom is -0.368 e. The summed E-state index contributed by atoms with van der Waals surface area (Å²) in [6, 6.07) is 3.91. The van der Waals surface area contributed by atoms with Crippen LogP contribution >= 0.6 is 0 Å². The summed E-state index contributed by atoms with van der Waals surface area (Å²) in [5, 5.41) is 4.15. The molecule has 3 heterocycles. The maximum atomic E-state index is 5.80. The number of nitrogen functional groups attached to an aromatic ring is 1. The van der Waals surface area contributed by atoms with E-state index < -0.39 is 0 Å². The third kappa shape index (κ3) is 1.90. The highest BCUT2D eigenvalue weighted by molar-refractivity contribution is 5.61. The molecular weight excluding hydrogens is 228 g/mol. The summed E-state index contributed by atoms with van der Waals surface area (Å²) < 4.78 is 1.79. The van der Waals surface area contributed by atoms with Crippen molar-refractivity contribution in [1.29, 1.82) is 0 Å². The van der Waals surface area contributed by atoms with Crippen LogP contribution in [0.2, 0.25) is 0 Å². The Morgan fingerprint density at radius 1 is 1.22 bits per heavy atom. The fourth-order valence-corrected chi connectivity index (χ4v) is 2.32. The fraction of sp³-hybridized carbons (Fsp3) is 0.417. The molecule has 1 aliphatic heterocycles. The number of nitrogens with two attached hydrogens (primary N) is 1. The Morgan fingerprint density at radius 2 is 2.00 bits per heavy atom. The second kappa shape index (κ2) is 4.29. The van der Waals surface area contributed by atoms with Crippen LogP contribution in [-0.4, -0.2) is 32.8 Å². The molecule has 2 N–H and O–H groups in total. The second-order valence-electron chi connectivity index (χ2n) is 4.50. The zero-order valence-electron chi connectivity index (χ0n) is 10.4. The summed E-state index contributed by atoms with van der Waals surface area (Å²) in [6.07, 6.45) is 4.18. The van der Waals surface area contributed by atoms with Crippen LogP contribution < -0.4 is 10.6 Å². The molecule has 6 nitrogen and oxygen atoms in total. The molecule has 0 unspecified atom stereocenters. The summed E-state index contributed by atoms with van der Waals surface area (Å²) in [5.74, 6) is 1.23. The first-order valence-corrected chi connectivity index (χ1v) is 6.12. The van der Waals surface area contributed by atoms with Crippen molar-refractivity contribution < 1.29 is 0 Å². The molecule has 2 aromatic heterocycles. The van der Waals surface area contributed by atoms with Gasteiger partial charge in [0.25, 0.3) is 0 Å². The van der Waals surface area contributed by atoms with E-state index in [0.29, 0.717) is 5.95 Å². The van der Waals surface area contributed by atoms with Gasteiger partial charge in [0.2, 0.25) is 5.95 Å². The molecule has 0 aliphatic carbocycles. The Bertz CT molecular complexity index is 555. The molecule has 94 valence electrons.